The lowest BCUT2D eigenvalue weighted by atomic mass is 10.1. The summed E-state index contributed by atoms with van der Waals surface area (Å²) in [6.45, 7) is 3.37. The summed E-state index contributed by atoms with van der Waals surface area (Å²) in [5, 5.41) is 0. The van der Waals surface area contributed by atoms with E-state index in [0.29, 0.717) is 35.6 Å². The molecule has 1 aliphatic carbocycles. The number of ether oxygens (including phenoxy) is 2. The van der Waals surface area contributed by atoms with E-state index in [1.807, 2.05) is 29.7 Å². The van der Waals surface area contributed by atoms with Crippen molar-refractivity contribution in [1.82, 2.24) is 14.4 Å². The first-order chi connectivity index (χ1) is 15.4. The summed E-state index contributed by atoms with van der Waals surface area (Å²) in [6, 6.07) is 6.29. The topological polar surface area (TPSA) is 98.2 Å². The van der Waals surface area contributed by atoms with E-state index in [1.165, 1.54) is 0 Å². The van der Waals surface area contributed by atoms with E-state index in [2.05, 4.69) is 0 Å². The number of rotatable bonds is 5. The average molecular weight is 437 g/mol. The third kappa shape index (κ3) is 3.07. The molecule has 2 aromatic rings. The Labute approximate surface area is 184 Å². The lowest BCUT2D eigenvalue weighted by Crippen LogP contribution is -2.41. The van der Waals surface area contributed by atoms with E-state index in [0.717, 1.165) is 34.0 Å². The number of aromatic nitrogens is 1. The van der Waals surface area contributed by atoms with Gasteiger partial charge in [-0.1, -0.05) is 12.8 Å². The quantitative estimate of drug-likeness (QED) is 0.405. The average Bonchev–Trinajstić information content (AvgIpc) is 3.54. The molecule has 0 unspecified atom stereocenters. The van der Waals surface area contributed by atoms with Crippen LogP contribution in [0.5, 0.6) is 11.5 Å². The molecular weight excluding hydrogens is 414 g/mol. The molecule has 0 atom stereocenters. The lowest BCUT2D eigenvalue weighted by molar-refractivity contribution is -0.143. The first-order valence-electron chi connectivity index (χ1n) is 10.7. The van der Waals surface area contributed by atoms with Crippen molar-refractivity contribution in [1.29, 1.82) is 0 Å². The number of nitrogens with zero attached hydrogens (tertiary/aromatic N) is 3. The predicted octanol–water partition coefficient (Wildman–Crippen LogP) is 2.74. The number of ketones is 1. The van der Waals surface area contributed by atoms with Gasteiger partial charge in [0, 0.05) is 34.7 Å². The van der Waals surface area contributed by atoms with Gasteiger partial charge in [-0.2, -0.15) is 0 Å². The van der Waals surface area contributed by atoms with Gasteiger partial charge in [-0.05, 0) is 44.9 Å². The highest BCUT2D eigenvalue weighted by atomic mass is 16.7. The molecule has 0 N–H and O–H groups in total. The summed E-state index contributed by atoms with van der Waals surface area (Å²) < 4.78 is 12.7. The SMILES string of the molecule is Cc1cc(C(=O)CN2C(=O)C(=O)N(C3CCCC3)C2=O)c(C)n1-c1ccc2c(c1)OCO2. The molecule has 0 spiro atoms. The van der Waals surface area contributed by atoms with Crippen LogP contribution in [0.1, 0.15) is 47.4 Å². The van der Waals surface area contributed by atoms with Crippen molar-refractivity contribution >= 4 is 23.6 Å². The summed E-state index contributed by atoms with van der Waals surface area (Å²) in [4.78, 5) is 52.6. The normalized spacial score (nSPS) is 18.4. The highest BCUT2D eigenvalue weighted by Crippen LogP contribution is 2.35. The molecule has 4 amide bonds. The van der Waals surface area contributed by atoms with Gasteiger partial charge >= 0.3 is 17.8 Å². The van der Waals surface area contributed by atoms with E-state index in [9.17, 15) is 19.2 Å². The Bertz CT molecular complexity index is 1160. The highest BCUT2D eigenvalue weighted by molar-refractivity contribution is 6.45. The van der Waals surface area contributed by atoms with Crippen LogP contribution in [0.2, 0.25) is 0 Å². The van der Waals surface area contributed by atoms with Gasteiger partial charge in [0.2, 0.25) is 6.79 Å². The zero-order chi connectivity index (χ0) is 22.6. The number of imide groups is 2. The van der Waals surface area contributed by atoms with Crippen molar-refractivity contribution in [3.05, 3.63) is 41.2 Å². The molecule has 9 nitrogen and oxygen atoms in total. The summed E-state index contributed by atoms with van der Waals surface area (Å²) in [6.07, 6.45) is 3.23. The smallest absolute Gasteiger partial charge is 0.334 e. The van der Waals surface area contributed by atoms with Gasteiger partial charge in [-0.25, -0.2) is 9.69 Å². The highest BCUT2D eigenvalue weighted by Gasteiger charge is 2.48. The van der Waals surface area contributed by atoms with Crippen LogP contribution in [-0.2, 0) is 9.59 Å². The maximum Gasteiger partial charge on any atom is 0.334 e. The molecule has 9 heteroatoms. The van der Waals surface area contributed by atoms with Crippen molar-refractivity contribution in [2.24, 2.45) is 0 Å². The molecule has 2 fully saturated rings. The number of Topliss-reactive ketones (excluding diaryl/α,β-unsaturated/α-hetero) is 1. The van der Waals surface area contributed by atoms with Gasteiger partial charge in [0.15, 0.2) is 17.3 Å². The Morgan fingerprint density at radius 3 is 2.47 bits per heavy atom. The second-order valence-electron chi connectivity index (χ2n) is 8.37. The standard InChI is InChI=1S/C23H23N3O6/c1-13-9-17(14(2)25(13)16-7-8-19-20(10-16)32-12-31-19)18(27)11-24-21(28)22(29)26(23(24)30)15-5-3-4-6-15/h7-10,15H,3-6,11-12H2,1-2H3. The zero-order valence-corrected chi connectivity index (χ0v) is 17.9. The number of hydrogen-bond donors (Lipinski definition) is 0. The molecule has 3 aliphatic rings. The van der Waals surface area contributed by atoms with E-state index < -0.39 is 30.2 Å². The molecule has 32 heavy (non-hydrogen) atoms. The summed E-state index contributed by atoms with van der Waals surface area (Å²) >= 11 is 0. The van der Waals surface area contributed by atoms with Crippen LogP contribution in [0.25, 0.3) is 5.69 Å². The minimum absolute atomic E-state index is 0.167. The molecule has 1 saturated heterocycles. The maximum absolute atomic E-state index is 13.1. The molecule has 0 radical (unpaired) electrons. The first kappa shape index (κ1) is 20.3. The van der Waals surface area contributed by atoms with E-state index in [1.54, 1.807) is 13.0 Å². The third-order valence-corrected chi connectivity index (χ3v) is 6.42. The molecule has 1 aromatic carbocycles. The second-order valence-corrected chi connectivity index (χ2v) is 8.37. The Kier molecular flexibility index (Phi) is 4.76. The van der Waals surface area contributed by atoms with Gasteiger partial charge in [0.05, 0.1) is 6.54 Å². The number of fused-ring (bicyclic) bond motifs is 1. The van der Waals surface area contributed by atoms with Crippen molar-refractivity contribution in [3.63, 3.8) is 0 Å². The van der Waals surface area contributed by atoms with Crippen LogP contribution in [0.15, 0.2) is 24.3 Å². The molecule has 0 bridgehead atoms. The minimum Gasteiger partial charge on any atom is -0.454 e. The Hall–Kier alpha value is -3.62. The molecule has 5 rings (SSSR count). The fourth-order valence-corrected chi connectivity index (χ4v) is 4.84. The van der Waals surface area contributed by atoms with Crippen molar-refractivity contribution < 1.29 is 28.7 Å². The van der Waals surface area contributed by atoms with Crippen LogP contribution in [0.3, 0.4) is 0 Å². The van der Waals surface area contributed by atoms with Crippen LogP contribution < -0.4 is 9.47 Å². The van der Waals surface area contributed by atoms with Gasteiger partial charge < -0.3 is 14.0 Å². The van der Waals surface area contributed by atoms with Crippen LogP contribution in [-0.4, -0.2) is 57.4 Å². The van der Waals surface area contributed by atoms with Gasteiger partial charge in [0.25, 0.3) is 0 Å². The molecular formula is C23H23N3O6. The Morgan fingerprint density at radius 2 is 1.72 bits per heavy atom. The minimum atomic E-state index is -0.931. The number of carbonyl (C=O) groups is 4. The number of aryl methyl sites for hydroxylation is 1. The summed E-state index contributed by atoms with van der Waals surface area (Å²) in [5.41, 5.74) is 2.68. The summed E-state index contributed by atoms with van der Waals surface area (Å²) in [5.74, 6) is -0.870. The van der Waals surface area contributed by atoms with Gasteiger partial charge in [-0.15, -0.1) is 0 Å². The molecule has 3 heterocycles. The summed E-state index contributed by atoms with van der Waals surface area (Å²) in [7, 11) is 0. The van der Waals surface area contributed by atoms with Gasteiger partial charge in [0.1, 0.15) is 0 Å². The predicted molar refractivity (Wildman–Crippen MR) is 112 cm³/mol. The fourth-order valence-electron chi connectivity index (χ4n) is 4.84. The fraction of sp³-hybridized carbons (Fsp3) is 0.391. The number of amides is 4. The zero-order valence-electron chi connectivity index (χ0n) is 17.9. The third-order valence-electron chi connectivity index (χ3n) is 6.42. The van der Waals surface area contributed by atoms with Crippen molar-refractivity contribution in [2.75, 3.05) is 13.3 Å². The number of urea groups is 1. The first-order valence-corrected chi connectivity index (χ1v) is 10.7. The number of hydrogen-bond acceptors (Lipinski definition) is 6. The lowest BCUT2D eigenvalue weighted by Gasteiger charge is -2.20. The monoisotopic (exact) mass is 437 g/mol. The molecule has 2 aliphatic heterocycles. The van der Waals surface area contributed by atoms with E-state index in [-0.39, 0.29) is 12.8 Å². The maximum atomic E-state index is 13.1. The molecule has 1 saturated carbocycles. The van der Waals surface area contributed by atoms with Crippen LogP contribution in [0, 0.1) is 13.8 Å². The van der Waals surface area contributed by atoms with Crippen molar-refractivity contribution in [2.45, 2.75) is 45.6 Å². The largest absolute Gasteiger partial charge is 0.454 e. The van der Waals surface area contributed by atoms with E-state index in [4.69, 9.17) is 9.47 Å². The Morgan fingerprint density at radius 1 is 1.00 bits per heavy atom. The Balaban J connectivity index is 1.40. The second kappa shape index (κ2) is 7.51. The van der Waals surface area contributed by atoms with Crippen LogP contribution in [0.4, 0.5) is 4.79 Å². The van der Waals surface area contributed by atoms with E-state index >= 15 is 0 Å². The number of benzene rings is 1. The van der Waals surface area contributed by atoms with Gasteiger partial charge in [-0.3, -0.25) is 19.3 Å². The van der Waals surface area contributed by atoms with Crippen molar-refractivity contribution in [3.8, 4) is 17.2 Å². The molecule has 166 valence electrons. The molecule has 1 aromatic heterocycles. The van der Waals surface area contributed by atoms with Crippen LogP contribution >= 0.6 is 0 Å². The number of carbonyl (C=O) groups excluding carboxylic acids is 4.